The minimum atomic E-state index is -0.712. The summed E-state index contributed by atoms with van der Waals surface area (Å²) in [6.07, 6.45) is 1.20. The van der Waals surface area contributed by atoms with Crippen molar-refractivity contribution < 1.29 is 13.9 Å². The third-order valence-corrected chi connectivity index (χ3v) is 2.94. The highest BCUT2D eigenvalue weighted by Crippen LogP contribution is 2.20. The molecular weight excluding hydrogens is 245 g/mol. The second kappa shape index (κ2) is 7.12. The van der Waals surface area contributed by atoms with Gasteiger partial charge >= 0.3 is 0 Å². The molecule has 2 unspecified atom stereocenters. The van der Waals surface area contributed by atoms with E-state index in [1.54, 1.807) is 26.0 Å². The van der Waals surface area contributed by atoms with Crippen LogP contribution < -0.4 is 10.1 Å². The maximum Gasteiger partial charge on any atom is 0.260 e. The first kappa shape index (κ1) is 15.5. The largest absolute Gasteiger partial charge is 0.478 e. The van der Waals surface area contributed by atoms with E-state index in [4.69, 9.17) is 4.74 Å². The van der Waals surface area contributed by atoms with Gasteiger partial charge in [0.05, 0.1) is 0 Å². The maximum atomic E-state index is 13.8. The van der Waals surface area contributed by atoms with Gasteiger partial charge in [0.25, 0.3) is 5.91 Å². The summed E-state index contributed by atoms with van der Waals surface area (Å²) in [6.45, 7) is 7.29. The summed E-state index contributed by atoms with van der Waals surface area (Å²) in [4.78, 5) is 11.9. The van der Waals surface area contributed by atoms with Crippen molar-refractivity contribution >= 4 is 5.91 Å². The Kier molecular flexibility index (Phi) is 5.80. The molecule has 19 heavy (non-hydrogen) atoms. The van der Waals surface area contributed by atoms with E-state index in [9.17, 15) is 9.18 Å². The Balaban J connectivity index is 2.61. The molecule has 0 aromatic heterocycles. The topological polar surface area (TPSA) is 38.3 Å². The van der Waals surface area contributed by atoms with Crippen LogP contribution in [-0.2, 0) is 4.79 Å². The zero-order valence-electron chi connectivity index (χ0n) is 12.0. The molecule has 0 heterocycles. The molecule has 0 spiro atoms. The summed E-state index contributed by atoms with van der Waals surface area (Å²) in [5, 5.41) is 2.85. The van der Waals surface area contributed by atoms with Crippen LogP contribution >= 0.6 is 0 Å². The fourth-order valence-corrected chi connectivity index (χ4v) is 1.82. The Morgan fingerprint density at radius 1 is 1.42 bits per heavy atom. The summed E-state index contributed by atoms with van der Waals surface area (Å²) in [6, 6.07) is 5.00. The van der Waals surface area contributed by atoms with Crippen molar-refractivity contribution in [1.82, 2.24) is 5.32 Å². The summed E-state index contributed by atoms with van der Waals surface area (Å²) in [5.74, 6) is -0.517. The van der Waals surface area contributed by atoms with Crippen molar-refractivity contribution in [3.8, 4) is 5.75 Å². The number of amides is 1. The van der Waals surface area contributed by atoms with Crippen LogP contribution in [0.5, 0.6) is 5.75 Å². The Morgan fingerprint density at radius 2 is 2.11 bits per heavy atom. The lowest BCUT2D eigenvalue weighted by Gasteiger charge is -2.18. The first-order valence-electron chi connectivity index (χ1n) is 6.67. The van der Waals surface area contributed by atoms with Gasteiger partial charge < -0.3 is 10.1 Å². The molecule has 0 radical (unpaired) electrons. The van der Waals surface area contributed by atoms with E-state index < -0.39 is 11.9 Å². The fourth-order valence-electron chi connectivity index (χ4n) is 1.82. The Bertz CT molecular complexity index is 434. The minimum absolute atomic E-state index is 0.103. The SMILES string of the molecule is CCCC(C)NC(=O)C(C)Oc1cccc(C)c1F. The summed E-state index contributed by atoms with van der Waals surface area (Å²) >= 11 is 0. The standard InChI is InChI=1S/C15H22FNO2/c1-5-7-11(3)17-15(18)12(4)19-13-9-6-8-10(2)14(13)16/h6,8-9,11-12H,5,7H2,1-4H3,(H,17,18). The lowest BCUT2D eigenvalue weighted by atomic mass is 10.2. The van der Waals surface area contributed by atoms with Crippen molar-refractivity contribution in [2.24, 2.45) is 0 Å². The van der Waals surface area contributed by atoms with E-state index >= 15 is 0 Å². The van der Waals surface area contributed by atoms with Crippen molar-refractivity contribution in [1.29, 1.82) is 0 Å². The van der Waals surface area contributed by atoms with Crippen LogP contribution in [0.3, 0.4) is 0 Å². The van der Waals surface area contributed by atoms with Gasteiger partial charge in [-0.05, 0) is 38.8 Å². The van der Waals surface area contributed by atoms with E-state index in [0.29, 0.717) is 5.56 Å². The van der Waals surface area contributed by atoms with Crippen LogP contribution in [-0.4, -0.2) is 18.1 Å². The van der Waals surface area contributed by atoms with E-state index in [2.05, 4.69) is 12.2 Å². The predicted molar refractivity (Wildman–Crippen MR) is 73.7 cm³/mol. The zero-order valence-corrected chi connectivity index (χ0v) is 12.0. The third kappa shape index (κ3) is 4.54. The van der Waals surface area contributed by atoms with Gasteiger partial charge in [-0.25, -0.2) is 4.39 Å². The molecular formula is C15H22FNO2. The quantitative estimate of drug-likeness (QED) is 0.859. The number of ether oxygens (including phenoxy) is 1. The second-order valence-electron chi connectivity index (χ2n) is 4.85. The van der Waals surface area contributed by atoms with Gasteiger partial charge in [-0.3, -0.25) is 4.79 Å². The third-order valence-electron chi connectivity index (χ3n) is 2.94. The lowest BCUT2D eigenvalue weighted by molar-refractivity contribution is -0.128. The Hall–Kier alpha value is -1.58. The van der Waals surface area contributed by atoms with Gasteiger partial charge in [0.1, 0.15) is 0 Å². The number of benzene rings is 1. The van der Waals surface area contributed by atoms with E-state index in [0.717, 1.165) is 12.8 Å². The normalized spacial score (nSPS) is 13.7. The molecule has 1 aromatic rings. The highest BCUT2D eigenvalue weighted by Gasteiger charge is 2.18. The molecule has 1 amide bonds. The highest BCUT2D eigenvalue weighted by atomic mass is 19.1. The highest BCUT2D eigenvalue weighted by molar-refractivity contribution is 5.80. The number of carbonyl (C=O) groups excluding carboxylic acids is 1. The number of hydrogen-bond acceptors (Lipinski definition) is 2. The number of hydrogen-bond donors (Lipinski definition) is 1. The summed E-state index contributed by atoms with van der Waals surface area (Å²) < 4.78 is 19.1. The number of carbonyl (C=O) groups is 1. The van der Waals surface area contributed by atoms with Gasteiger partial charge in [-0.15, -0.1) is 0 Å². The van der Waals surface area contributed by atoms with E-state index in [1.165, 1.54) is 6.07 Å². The number of halogens is 1. The molecule has 1 N–H and O–H groups in total. The van der Waals surface area contributed by atoms with Crippen LogP contribution in [0.1, 0.15) is 39.2 Å². The van der Waals surface area contributed by atoms with Crippen molar-refractivity contribution in [2.45, 2.75) is 52.7 Å². The fraction of sp³-hybridized carbons (Fsp3) is 0.533. The molecule has 0 bridgehead atoms. The number of rotatable bonds is 6. The van der Waals surface area contributed by atoms with Gasteiger partial charge in [-0.2, -0.15) is 0 Å². The zero-order chi connectivity index (χ0) is 14.4. The van der Waals surface area contributed by atoms with Crippen molar-refractivity contribution in [3.63, 3.8) is 0 Å². The van der Waals surface area contributed by atoms with E-state index in [1.807, 2.05) is 6.92 Å². The molecule has 106 valence electrons. The van der Waals surface area contributed by atoms with Gasteiger partial charge in [-0.1, -0.05) is 25.5 Å². The molecule has 2 atom stereocenters. The number of aryl methyl sites for hydroxylation is 1. The van der Waals surface area contributed by atoms with Gasteiger partial charge in [0, 0.05) is 6.04 Å². The van der Waals surface area contributed by atoms with Crippen LogP contribution in [0.25, 0.3) is 0 Å². The van der Waals surface area contributed by atoms with Crippen LogP contribution in [0.4, 0.5) is 4.39 Å². The molecule has 0 saturated carbocycles. The average molecular weight is 267 g/mol. The monoisotopic (exact) mass is 267 g/mol. The lowest BCUT2D eigenvalue weighted by Crippen LogP contribution is -2.41. The van der Waals surface area contributed by atoms with Crippen molar-refractivity contribution in [3.05, 3.63) is 29.6 Å². The Labute approximate surface area is 114 Å². The smallest absolute Gasteiger partial charge is 0.260 e. The Morgan fingerprint density at radius 3 is 2.74 bits per heavy atom. The van der Waals surface area contributed by atoms with Gasteiger partial charge in [0.15, 0.2) is 17.7 Å². The molecule has 0 saturated heterocycles. The van der Waals surface area contributed by atoms with Crippen LogP contribution in [0.2, 0.25) is 0 Å². The summed E-state index contributed by atoms with van der Waals surface area (Å²) in [7, 11) is 0. The minimum Gasteiger partial charge on any atom is -0.478 e. The molecule has 4 heteroatoms. The van der Waals surface area contributed by atoms with Crippen LogP contribution in [0, 0.1) is 12.7 Å². The molecule has 0 aliphatic rings. The van der Waals surface area contributed by atoms with Gasteiger partial charge in [0.2, 0.25) is 0 Å². The molecule has 3 nitrogen and oxygen atoms in total. The summed E-state index contributed by atoms with van der Waals surface area (Å²) in [5.41, 5.74) is 0.504. The molecule has 1 aromatic carbocycles. The first-order valence-corrected chi connectivity index (χ1v) is 6.67. The predicted octanol–water partition coefficient (Wildman–Crippen LogP) is 3.21. The molecule has 0 aliphatic carbocycles. The second-order valence-corrected chi connectivity index (χ2v) is 4.85. The molecule has 1 rings (SSSR count). The maximum absolute atomic E-state index is 13.8. The molecule has 0 aliphatic heterocycles. The van der Waals surface area contributed by atoms with E-state index in [-0.39, 0.29) is 17.7 Å². The first-order chi connectivity index (χ1) is 8.95. The van der Waals surface area contributed by atoms with Crippen molar-refractivity contribution in [2.75, 3.05) is 0 Å². The van der Waals surface area contributed by atoms with Crippen LogP contribution in [0.15, 0.2) is 18.2 Å². The average Bonchev–Trinajstić information content (AvgIpc) is 2.35. The number of nitrogens with one attached hydrogen (secondary N) is 1. The molecule has 0 fully saturated rings.